The van der Waals surface area contributed by atoms with Crippen LogP contribution in [0.15, 0.2) is 24.3 Å². The summed E-state index contributed by atoms with van der Waals surface area (Å²) in [4.78, 5) is 11.5. The second-order valence-electron chi connectivity index (χ2n) is 4.75. The Bertz CT molecular complexity index is 426. The molecule has 0 fully saturated rings. The Balaban J connectivity index is 2.13. The monoisotopic (exact) mass is 296 g/mol. The topological polar surface area (TPSA) is 79.8 Å². The van der Waals surface area contributed by atoms with Crippen molar-refractivity contribution >= 4 is 5.91 Å². The van der Waals surface area contributed by atoms with Gasteiger partial charge >= 0.3 is 0 Å². The second-order valence-corrected chi connectivity index (χ2v) is 4.75. The summed E-state index contributed by atoms with van der Waals surface area (Å²) in [6, 6.07) is 7.59. The van der Waals surface area contributed by atoms with Gasteiger partial charge in [-0.3, -0.25) is 4.79 Å². The van der Waals surface area contributed by atoms with E-state index in [1.54, 1.807) is 7.11 Å². The number of benzene rings is 1. The number of carbonyl (C=O) groups excluding carboxylic acids is 1. The van der Waals surface area contributed by atoms with E-state index in [1.165, 1.54) is 0 Å². The molecule has 0 saturated carbocycles. The minimum Gasteiger partial charge on any atom is -0.491 e. The van der Waals surface area contributed by atoms with Crippen molar-refractivity contribution in [2.24, 2.45) is 0 Å². The van der Waals surface area contributed by atoms with Crippen LogP contribution in [-0.4, -0.2) is 57.1 Å². The number of methoxy groups -OCH3 is 1. The number of hydrogen-bond acceptors (Lipinski definition) is 5. The maximum atomic E-state index is 11.5. The van der Waals surface area contributed by atoms with E-state index < -0.39 is 6.10 Å². The number of ether oxygens (including phenoxy) is 2. The SMILES string of the molecule is COCCNCC(=O)NCC(O)COc1cccc(C)c1. The van der Waals surface area contributed by atoms with E-state index in [4.69, 9.17) is 9.47 Å². The fourth-order valence-electron chi connectivity index (χ4n) is 1.63. The number of aliphatic hydroxyl groups is 1. The Morgan fingerprint density at radius 2 is 2.24 bits per heavy atom. The van der Waals surface area contributed by atoms with E-state index in [9.17, 15) is 9.90 Å². The maximum Gasteiger partial charge on any atom is 0.234 e. The quantitative estimate of drug-likeness (QED) is 0.533. The number of amides is 1. The molecule has 1 amide bonds. The maximum absolute atomic E-state index is 11.5. The van der Waals surface area contributed by atoms with Gasteiger partial charge < -0.3 is 25.2 Å². The van der Waals surface area contributed by atoms with Gasteiger partial charge in [0.05, 0.1) is 13.2 Å². The van der Waals surface area contributed by atoms with Gasteiger partial charge in [-0.05, 0) is 24.6 Å². The van der Waals surface area contributed by atoms with E-state index in [0.29, 0.717) is 18.9 Å². The lowest BCUT2D eigenvalue weighted by Gasteiger charge is -2.13. The summed E-state index contributed by atoms with van der Waals surface area (Å²) in [5, 5.41) is 15.3. The summed E-state index contributed by atoms with van der Waals surface area (Å²) < 4.78 is 10.3. The molecule has 0 saturated heterocycles. The first kappa shape index (κ1) is 17.4. The van der Waals surface area contributed by atoms with Gasteiger partial charge in [-0.15, -0.1) is 0 Å². The third kappa shape index (κ3) is 8.29. The predicted molar refractivity (Wildman–Crippen MR) is 80.4 cm³/mol. The lowest BCUT2D eigenvalue weighted by atomic mass is 10.2. The summed E-state index contributed by atoms with van der Waals surface area (Å²) in [6.07, 6.45) is -0.742. The van der Waals surface area contributed by atoms with Gasteiger partial charge in [0.25, 0.3) is 0 Å². The van der Waals surface area contributed by atoms with Gasteiger partial charge in [0.1, 0.15) is 18.5 Å². The number of rotatable bonds is 10. The van der Waals surface area contributed by atoms with Crippen LogP contribution in [0.4, 0.5) is 0 Å². The Morgan fingerprint density at radius 3 is 2.95 bits per heavy atom. The Morgan fingerprint density at radius 1 is 1.43 bits per heavy atom. The predicted octanol–water partition coefficient (Wildman–Crippen LogP) is 0.0869. The molecule has 1 aromatic carbocycles. The van der Waals surface area contributed by atoms with Gasteiger partial charge in [0.2, 0.25) is 5.91 Å². The molecule has 0 aromatic heterocycles. The first-order valence-corrected chi connectivity index (χ1v) is 6.95. The van der Waals surface area contributed by atoms with Crippen molar-refractivity contribution in [3.8, 4) is 5.75 Å². The summed E-state index contributed by atoms with van der Waals surface area (Å²) in [5.74, 6) is 0.544. The van der Waals surface area contributed by atoms with E-state index >= 15 is 0 Å². The molecule has 118 valence electrons. The van der Waals surface area contributed by atoms with Crippen LogP contribution in [0, 0.1) is 6.92 Å². The summed E-state index contributed by atoms with van der Waals surface area (Å²) in [7, 11) is 1.60. The van der Waals surface area contributed by atoms with Crippen molar-refractivity contribution in [2.75, 3.05) is 40.0 Å². The van der Waals surface area contributed by atoms with Crippen molar-refractivity contribution in [1.82, 2.24) is 10.6 Å². The Labute approximate surface area is 125 Å². The average molecular weight is 296 g/mol. The van der Waals surface area contributed by atoms with Crippen LogP contribution in [0.5, 0.6) is 5.75 Å². The van der Waals surface area contributed by atoms with Gasteiger partial charge in [-0.2, -0.15) is 0 Å². The molecule has 0 bridgehead atoms. The van der Waals surface area contributed by atoms with Gasteiger partial charge in [0, 0.05) is 20.2 Å². The molecule has 3 N–H and O–H groups in total. The highest BCUT2D eigenvalue weighted by molar-refractivity contribution is 5.77. The van der Waals surface area contributed by atoms with Gasteiger partial charge in [-0.25, -0.2) is 0 Å². The molecule has 0 aliphatic carbocycles. The summed E-state index contributed by atoms with van der Waals surface area (Å²) >= 11 is 0. The molecule has 0 radical (unpaired) electrons. The largest absolute Gasteiger partial charge is 0.491 e. The van der Waals surface area contributed by atoms with Gasteiger partial charge in [-0.1, -0.05) is 12.1 Å². The van der Waals surface area contributed by atoms with Crippen LogP contribution < -0.4 is 15.4 Å². The third-order valence-electron chi connectivity index (χ3n) is 2.74. The Kier molecular flexibility index (Phi) is 8.42. The van der Waals surface area contributed by atoms with E-state index in [0.717, 1.165) is 5.56 Å². The molecule has 1 atom stereocenters. The highest BCUT2D eigenvalue weighted by Gasteiger charge is 2.08. The number of carbonyl (C=O) groups is 1. The second kappa shape index (κ2) is 10.1. The fraction of sp³-hybridized carbons (Fsp3) is 0.533. The first-order chi connectivity index (χ1) is 10.1. The molecule has 0 aliphatic rings. The highest BCUT2D eigenvalue weighted by Crippen LogP contribution is 2.12. The van der Waals surface area contributed by atoms with Crippen LogP contribution in [0.3, 0.4) is 0 Å². The summed E-state index contributed by atoms with van der Waals surface area (Å²) in [5.41, 5.74) is 1.09. The standard InChI is InChI=1S/C15H24N2O4/c1-12-4-3-5-14(8-12)21-11-13(18)9-17-15(19)10-16-6-7-20-2/h3-5,8,13,16,18H,6-7,9-11H2,1-2H3,(H,17,19). The lowest BCUT2D eigenvalue weighted by molar-refractivity contribution is -0.120. The van der Waals surface area contributed by atoms with Crippen LogP contribution in [0.1, 0.15) is 5.56 Å². The molecule has 6 heteroatoms. The van der Waals surface area contributed by atoms with Crippen molar-refractivity contribution < 1.29 is 19.4 Å². The zero-order valence-electron chi connectivity index (χ0n) is 12.6. The smallest absolute Gasteiger partial charge is 0.234 e. The lowest BCUT2D eigenvalue weighted by Crippen LogP contribution is -2.40. The molecular formula is C15H24N2O4. The minimum atomic E-state index is -0.742. The minimum absolute atomic E-state index is 0.140. The molecule has 6 nitrogen and oxygen atoms in total. The Hall–Kier alpha value is -1.63. The van der Waals surface area contributed by atoms with Crippen LogP contribution in [0.25, 0.3) is 0 Å². The molecule has 0 aliphatic heterocycles. The highest BCUT2D eigenvalue weighted by atomic mass is 16.5. The molecule has 1 rings (SSSR count). The van der Waals surface area contributed by atoms with Crippen molar-refractivity contribution in [1.29, 1.82) is 0 Å². The van der Waals surface area contributed by atoms with E-state index in [1.807, 2.05) is 31.2 Å². The van der Waals surface area contributed by atoms with Gasteiger partial charge in [0.15, 0.2) is 0 Å². The molecular weight excluding hydrogens is 272 g/mol. The molecule has 21 heavy (non-hydrogen) atoms. The fourth-order valence-corrected chi connectivity index (χ4v) is 1.63. The van der Waals surface area contributed by atoms with Crippen molar-refractivity contribution in [3.05, 3.63) is 29.8 Å². The van der Waals surface area contributed by atoms with Crippen molar-refractivity contribution in [3.63, 3.8) is 0 Å². The average Bonchev–Trinajstić information content (AvgIpc) is 2.47. The number of nitrogens with one attached hydrogen (secondary N) is 2. The third-order valence-corrected chi connectivity index (χ3v) is 2.74. The number of hydrogen-bond donors (Lipinski definition) is 3. The van der Waals surface area contributed by atoms with E-state index in [2.05, 4.69) is 10.6 Å². The first-order valence-electron chi connectivity index (χ1n) is 6.95. The molecule has 0 heterocycles. The molecule has 1 aromatic rings. The number of aliphatic hydroxyl groups excluding tert-OH is 1. The van der Waals surface area contributed by atoms with E-state index in [-0.39, 0.29) is 25.6 Å². The molecule has 1 unspecified atom stereocenters. The number of aryl methyl sites for hydroxylation is 1. The zero-order chi connectivity index (χ0) is 15.5. The van der Waals surface area contributed by atoms with Crippen molar-refractivity contribution in [2.45, 2.75) is 13.0 Å². The van der Waals surface area contributed by atoms with Crippen LogP contribution in [0.2, 0.25) is 0 Å². The zero-order valence-corrected chi connectivity index (χ0v) is 12.6. The van der Waals surface area contributed by atoms with Crippen LogP contribution >= 0.6 is 0 Å². The normalized spacial score (nSPS) is 12.0. The van der Waals surface area contributed by atoms with Crippen LogP contribution in [-0.2, 0) is 9.53 Å². The summed E-state index contributed by atoms with van der Waals surface area (Å²) in [6.45, 7) is 3.65. The molecule has 0 spiro atoms.